The molecular weight excluding hydrogens is 154 g/mol. The highest BCUT2D eigenvalue weighted by molar-refractivity contribution is 5.52. The van der Waals surface area contributed by atoms with E-state index in [1.165, 1.54) is 0 Å². The SMILES string of the molecule is COc1cc(C)c(N=O)cc1C. The van der Waals surface area contributed by atoms with Gasteiger partial charge in [0.25, 0.3) is 0 Å². The minimum Gasteiger partial charge on any atom is -0.496 e. The van der Waals surface area contributed by atoms with Crippen molar-refractivity contribution in [2.45, 2.75) is 13.8 Å². The van der Waals surface area contributed by atoms with E-state index in [2.05, 4.69) is 5.18 Å². The average molecular weight is 165 g/mol. The number of rotatable bonds is 2. The van der Waals surface area contributed by atoms with Gasteiger partial charge in [0.1, 0.15) is 11.4 Å². The highest BCUT2D eigenvalue weighted by Crippen LogP contribution is 2.27. The van der Waals surface area contributed by atoms with Crippen LogP contribution in [0.1, 0.15) is 11.1 Å². The van der Waals surface area contributed by atoms with Gasteiger partial charge in [0.2, 0.25) is 0 Å². The van der Waals surface area contributed by atoms with Crippen LogP contribution in [0.25, 0.3) is 0 Å². The molecule has 0 heterocycles. The van der Waals surface area contributed by atoms with E-state index in [4.69, 9.17) is 4.74 Å². The molecule has 0 bridgehead atoms. The molecule has 1 aromatic carbocycles. The molecule has 0 unspecified atom stereocenters. The molecule has 12 heavy (non-hydrogen) atoms. The predicted octanol–water partition coefficient (Wildman–Crippen LogP) is 2.71. The minimum absolute atomic E-state index is 0.480. The zero-order chi connectivity index (χ0) is 9.14. The molecule has 0 saturated carbocycles. The van der Waals surface area contributed by atoms with Crippen LogP contribution in [0.2, 0.25) is 0 Å². The van der Waals surface area contributed by atoms with E-state index < -0.39 is 0 Å². The van der Waals surface area contributed by atoms with Gasteiger partial charge in [-0.25, -0.2) is 0 Å². The largest absolute Gasteiger partial charge is 0.496 e. The minimum atomic E-state index is 0.480. The Morgan fingerprint density at radius 2 is 1.92 bits per heavy atom. The molecule has 0 fully saturated rings. The molecule has 0 saturated heterocycles. The van der Waals surface area contributed by atoms with Crippen molar-refractivity contribution < 1.29 is 4.74 Å². The van der Waals surface area contributed by atoms with E-state index >= 15 is 0 Å². The van der Waals surface area contributed by atoms with Gasteiger partial charge in [-0.05, 0) is 42.3 Å². The number of nitrogens with zero attached hydrogens (tertiary/aromatic N) is 1. The maximum absolute atomic E-state index is 10.3. The van der Waals surface area contributed by atoms with Crippen LogP contribution < -0.4 is 4.74 Å². The summed E-state index contributed by atoms with van der Waals surface area (Å²) in [5.41, 5.74) is 2.25. The Kier molecular flexibility index (Phi) is 2.43. The lowest BCUT2D eigenvalue weighted by Gasteiger charge is -2.05. The van der Waals surface area contributed by atoms with Gasteiger partial charge in [0, 0.05) is 0 Å². The van der Waals surface area contributed by atoms with E-state index in [0.29, 0.717) is 5.69 Å². The standard InChI is InChI=1S/C9H11NO2/c1-6-5-9(12-3)7(2)4-8(6)10-11/h4-5H,1-3H3. The number of hydrogen-bond donors (Lipinski definition) is 0. The van der Waals surface area contributed by atoms with Crippen LogP contribution in [-0.2, 0) is 0 Å². The van der Waals surface area contributed by atoms with Crippen molar-refractivity contribution >= 4 is 5.69 Å². The molecule has 0 N–H and O–H groups in total. The fourth-order valence-corrected chi connectivity index (χ4v) is 1.09. The Bertz CT molecular complexity index is 308. The average Bonchev–Trinajstić information content (AvgIpc) is 2.08. The summed E-state index contributed by atoms with van der Waals surface area (Å²) in [6.45, 7) is 3.71. The van der Waals surface area contributed by atoms with E-state index in [-0.39, 0.29) is 0 Å². The number of benzene rings is 1. The first-order valence-corrected chi connectivity index (χ1v) is 3.67. The monoisotopic (exact) mass is 165 g/mol. The molecule has 0 aliphatic heterocycles. The molecule has 1 rings (SSSR count). The van der Waals surface area contributed by atoms with Crippen LogP contribution >= 0.6 is 0 Å². The zero-order valence-corrected chi connectivity index (χ0v) is 7.42. The summed E-state index contributed by atoms with van der Waals surface area (Å²) in [6, 6.07) is 3.53. The summed E-state index contributed by atoms with van der Waals surface area (Å²) in [4.78, 5) is 10.3. The van der Waals surface area contributed by atoms with Gasteiger partial charge in [0.05, 0.1) is 7.11 Å². The van der Waals surface area contributed by atoms with Crippen LogP contribution in [-0.4, -0.2) is 7.11 Å². The predicted molar refractivity (Wildman–Crippen MR) is 47.9 cm³/mol. The zero-order valence-electron chi connectivity index (χ0n) is 7.42. The fraction of sp³-hybridized carbons (Fsp3) is 0.333. The molecule has 64 valence electrons. The summed E-state index contributed by atoms with van der Waals surface area (Å²) in [7, 11) is 1.61. The quantitative estimate of drug-likeness (QED) is 0.632. The second kappa shape index (κ2) is 3.34. The Hall–Kier alpha value is -1.38. The second-order valence-electron chi connectivity index (χ2n) is 2.70. The van der Waals surface area contributed by atoms with Crippen molar-refractivity contribution in [3.05, 3.63) is 28.2 Å². The Morgan fingerprint density at radius 3 is 2.42 bits per heavy atom. The molecule has 0 aliphatic carbocycles. The maximum atomic E-state index is 10.3. The van der Waals surface area contributed by atoms with Crippen LogP contribution in [0.4, 0.5) is 5.69 Å². The number of hydrogen-bond acceptors (Lipinski definition) is 3. The highest BCUT2D eigenvalue weighted by atomic mass is 16.5. The third-order valence-corrected chi connectivity index (χ3v) is 1.81. The molecule has 0 amide bonds. The van der Waals surface area contributed by atoms with Gasteiger partial charge < -0.3 is 4.74 Å². The van der Waals surface area contributed by atoms with Gasteiger partial charge in [-0.15, -0.1) is 4.91 Å². The second-order valence-corrected chi connectivity index (χ2v) is 2.70. The number of aryl methyl sites for hydroxylation is 2. The third kappa shape index (κ3) is 1.44. The molecule has 0 atom stereocenters. The molecule has 1 aromatic rings. The van der Waals surface area contributed by atoms with Crippen molar-refractivity contribution in [3.8, 4) is 5.75 Å². The van der Waals surface area contributed by atoms with Gasteiger partial charge in [-0.3, -0.25) is 0 Å². The highest BCUT2D eigenvalue weighted by Gasteiger charge is 2.03. The first-order chi connectivity index (χ1) is 5.69. The van der Waals surface area contributed by atoms with Crippen LogP contribution in [0, 0.1) is 18.8 Å². The van der Waals surface area contributed by atoms with Crippen LogP contribution in [0.3, 0.4) is 0 Å². The molecule has 0 aliphatic rings. The fourth-order valence-electron chi connectivity index (χ4n) is 1.09. The number of methoxy groups -OCH3 is 1. The van der Waals surface area contributed by atoms with Gasteiger partial charge in [0.15, 0.2) is 0 Å². The van der Waals surface area contributed by atoms with Crippen molar-refractivity contribution in [1.29, 1.82) is 0 Å². The summed E-state index contributed by atoms with van der Waals surface area (Å²) in [5.74, 6) is 0.792. The van der Waals surface area contributed by atoms with Gasteiger partial charge in [-0.2, -0.15) is 0 Å². The lowest BCUT2D eigenvalue weighted by atomic mass is 10.1. The lowest BCUT2D eigenvalue weighted by molar-refractivity contribution is 0.411. The van der Waals surface area contributed by atoms with Crippen molar-refractivity contribution in [2.75, 3.05) is 7.11 Å². The third-order valence-electron chi connectivity index (χ3n) is 1.81. The Morgan fingerprint density at radius 1 is 1.25 bits per heavy atom. The number of ether oxygens (including phenoxy) is 1. The number of nitroso groups, excluding NO2 is 1. The molecule has 0 aromatic heterocycles. The Labute approximate surface area is 71.3 Å². The van der Waals surface area contributed by atoms with E-state index in [9.17, 15) is 4.91 Å². The van der Waals surface area contributed by atoms with Crippen LogP contribution in [0.5, 0.6) is 5.75 Å². The maximum Gasteiger partial charge on any atom is 0.122 e. The molecule has 0 radical (unpaired) electrons. The van der Waals surface area contributed by atoms with Gasteiger partial charge >= 0.3 is 0 Å². The van der Waals surface area contributed by atoms with Crippen molar-refractivity contribution in [3.63, 3.8) is 0 Å². The van der Waals surface area contributed by atoms with Gasteiger partial charge in [-0.1, -0.05) is 0 Å². The summed E-state index contributed by atoms with van der Waals surface area (Å²) >= 11 is 0. The smallest absolute Gasteiger partial charge is 0.122 e. The van der Waals surface area contributed by atoms with E-state index in [1.807, 2.05) is 19.9 Å². The summed E-state index contributed by atoms with van der Waals surface area (Å²) in [5, 5.41) is 2.90. The lowest BCUT2D eigenvalue weighted by Crippen LogP contribution is -1.87. The van der Waals surface area contributed by atoms with Crippen LogP contribution in [0.15, 0.2) is 17.3 Å². The first kappa shape index (κ1) is 8.71. The normalized spacial score (nSPS) is 9.58. The van der Waals surface area contributed by atoms with E-state index in [1.54, 1.807) is 13.2 Å². The molecule has 0 spiro atoms. The topological polar surface area (TPSA) is 38.7 Å². The first-order valence-electron chi connectivity index (χ1n) is 3.67. The molecule has 3 nitrogen and oxygen atoms in total. The summed E-state index contributed by atoms with van der Waals surface area (Å²) in [6.07, 6.45) is 0. The molecule has 3 heteroatoms. The van der Waals surface area contributed by atoms with Crippen molar-refractivity contribution in [2.24, 2.45) is 5.18 Å². The Balaban J connectivity index is 3.25. The van der Waals surface area contributed by atoms with E-state index in [0.717, 1.165) is 16.9 Å². The summed E-state index contributed by atoms with van der Waals surface area (Å²) < 4.78 is 5.08. The van der Waals surface area contributed by atoms with Crippen molar-refractivity contribution in [1.82, 2.24) is 0 Å². The molecular formula is C9H11NO2.